The van der Waals surface area contributed by atoms with Gasteiger partial charge in [-0.3, -0.25) is 14.9 Å². The summed E-state index contributed by atoms with van der Waals surface area (Å²) in [5.74, 6) is -3.76. The SMILES string of the molecule is O=C(Nc1cc(F)ccc1F)c1ccc([N+](=O)[O-])c(F)c1. The molecule has 0 aromatic heterocycles. The van der Waals surface area contributed by atoms with Gasteiger partial charge in [0.1, 0.15) is 11.6 Å². The van der Waals surface area contributed by atoms with Gasteiger partial charge in [-0.15, -0.1) is 0 Å². The first-order chi connectivity index (χ1) is 9.88. The molecule has 108 valence electrons. The highest BCUT2D eigenvalue weighted by Crippen LogP contribution is 2.20. The first-order valence-corrected chi connectivity index (χ1v) is 5.59. The second-order valence-corrected chi connectivity index (χ2v) is 4.00. The maximum atomic E-state index is 13.4. The van der Waals surface area contributed by atoms with Gasteiger partial charge in [-0.05, 0) is 24.3 Å². The molecule has 0 aliphatic rings. The fourth-order valence-electron chi connectivity index (χ4n) is 1.58. The number of nitrogens with zero attached hydrogens (tertiary/aromatic N) is 1. The summed E-state index contributed by atoms with van der Waals surface area (Å²) in [7, 11) is 0. The molecular weight excluding hydrogens is 289 g/mol. The number of rotatable bonds is 3. The van der Waals surface area contributed by atoms with Crippen molar-refractivity contribution in [3.8, 4) is 0 Å². The number of hydrogen-bond acceptors (Lipinski definition) is 3. The highest BCUT2D eigenvalue weighted by molar-refractivity contribution is 6.04. The molecule has 0 saturated carbocycles. The molecule has 1 N–H and O–H groups in total. The van der Waals surface area contributed by atoms with Crippen molar-refractivity contribution in [1.29, 1.82) is 0 Å². The van der Waals surface area contributed by atoms with E-state index in [-0.39, 0.29) is 5.56 Å². The smallest absolute Gasteiger partial charge is 0.304 e. The van der Waals surface area contributed by atoms with Crippen LogP contribution in [-0.2, 0) is 0 Å². The molecule has 0 aliphatic carbocycles. The summed E-state index contributed by atoms with van der Waals surface area (Å²) in [4.78, 5) is 21.3. The van der Waals surface area contributed by atoms with Crippen molar-refractivity contribution >= 4 is 17.3 Å². The molecule has 0 saturated heterocycles. The maximum absolute atomic E-state index is 13.4. The molecule has 0 spiro atoms. The Morgan fingerprint density at radius 3 is 2.38 bits per heavy atom. The van der Waals surface area contributed by atoms with Crippen LogP contribution in [0.5, 0.6) is 0 Å². The molecule has 1 amide bonds. The molecule has 0 atom stereocenters. The number of halogens is 3. The third kappa shape index (κ3) is 3.16. The lowest BCUT2D eigenvalue weighted by Gasteiger charge is -2.06. The molecule has 0 aliphatic heterocycles. The van der Waals surface area contributed by atoms with E-state index in [0.717, 1.165) is 30.3 Å². The van der Waals surface area contributed by atoms with Crippen LogP contribution < -0.4 is 5.32 Å². The standard InChI is InChI=1S/C13H7F3N2O3/c14-8-2-3-9(15)11(6-8)17-13(19)7-1-4-12(18(20)21)10(16)5-7/h1-6H,(H,17,19). The van der Waals surface area contributed by atoms with Gasteiger partial charge >= 0.3 is 5.69 Å². The molecule has 21 heavy (non-hydrogen) atoms. The van der Waals surface area contributed by atoms with E-state index in [9.17, 15) is 28.1 Å². The monoisotopic (exact) mass is 296 g/mol. The van der Waals surface area contributed by atoms with Gasteiger partial charge in [0.2, 0.25) is 5.82 Å². The number of amides is 1. The van der Waals surface area contributed by atoms with E-state index in [4.69, 9.17) is 0 Å². The molecule has 0 unspecified atom stereocenters. The van der Waals surface area contributed by atoms with E-state index in [2.05, 4.69) is 5.32 Å². The average Bonchev–Trinajstić information content (AvgIpc) is 2.42. The molecule has 2 aromatic carbocycles. The minimum Gasteiger partial charge on any atom is -0.319 e. The van der Waals surface area contributed by atoms with Crippen LogP contribution in [0.4, 0.5) is 24.5 Å². The van der Waals surface area contributed by atoms with Crippen molar-refractivity contribution in [1.82, 2.24) is 0 Å². The van der Waals surface area contributed by atoms with Gasteiger partial charge < -0.3 is 5.32 Å². The minimum absolute atomic E-state index is 0.262. The first-order valence-electron chi connectivity index (χ1n) is 5.59. The highest BCUT2D eigenvalue weighted by Gasteiger charge is 2.17. The van der Waals surface area contributed by atoms with Crippen LogP contribution in [0.2, 0.25) is 0 Å². The Morgan fingerprint density at radius 2 is 1.76 bits per heavy atom. The summed E-state index contributed by atoms with van der Waals surface area (Å²) < 4.78 is 39.7. The molecule has 2 aromatic rings. The molecule has 2 rings (SSSR count). The van der Waals surface area contributed by atoms with Crippen molar-refractivity contribution in [3.05, 3.63) is 69.5 Å². The molecule has 5 nitrogen and oxygen atoms in total. The molecule has 0 heterocycles. The van der Waals surface area contributed by atoms with Crippen LogP contribution in [0, 0.1) is 27.6 Å². The van der Waals surface area contributed by atoms with Gasteiger partial charge in [-0.25, -0.2) is 8.78 Å². The topological polar surface area (TPSA) is 72.2 Å². The lowest BCUT2D eigenvalue weighted by Crippen LogP contribution is -2.13. The number of benzene rings is 2. The van der Waals surface area contributed by atoms with E-state index >= 15 is 0 Å². The average molecular weight is 296 g/mol. The molecule has 0 bridgehead atoms. The predicted molar refractivity (Wildman–Crippen MR) is 67.4 cm³/mol. The van der Waals surface area contributed by atoms with Gasteiger partial charge in [0.05, 0.1) is 10.6 Å². The summed E-state index contributed by atoms with van der Waals surface area (Å²) in [6.45, 7) is 0. The molecule has 0 radical (unpaired) electrons. The number of anilines is 1. The number of nitro benzene ring substituents is 1. The second-order valence-electron chi connectivity index (χ2n) is 4.00. The molecular formula is C13H7F3N2O3. The normalized spacial score (nSPS) is 10.2. The van der Waals surface area contributed by atoms with Gasteiger partial charge in [0.25, 0.3) is 5.91 Å². The Bertz CT molecular complexity index is 735. The van der Waals surface area contributed by atoms with E-state index < -0.39 is 39.7 Å². The zero-order valence-electron chi connectivity index (χ0n) is 10.3. The predicted octanol–water partition coefficient (Wildman–Crippen LogP) is 3.26. The fourth-order valence-corrected chi connectivity index (χ4v) is 1.58. The van der Waals surface area contributed by atoms with E-state index in [0.29, 0.717) is 6.07 Å². The van der Waals surface area contributed by atoms with Gasteiger partial charge in [-0.2, -0.15) is 4.39 Å². The van der Waals surface area contributed by atoms with Crippen LogP contribution in [0.1, 0.15) is 10.4 Å². The lowest BCUT2D eigenvalue weighted by atomic mass is 10.1. The van der Waals surface area contributed by atoms with Gasteiger partial charge in [0.15, 0.2) is 0 Å². The number of carbonyl (C=O) groups excluding carboxylic acids is 1. The Hall–Kier alpha value is -2.90. The number of hydrogen-bond donors (Lipinski definition) is 1. The summed E-state index contributed by atoms with van der Waals surface area (Å²) in [5, 5.41) is 12.5. The quantitative estimate of drug-likeness (QED) is 0.698. The Labute approximate surface area is 116 Å². The zero-order valence-corrected chi connectivity index (χ0v) is 10.3. The number of nitrogens with one attached hydrogen (secondary N) is 1. The van der Waals surface area contributed by atoms with E-state index in [1.807, 2.05) is 0 Å². The van der Waals surface area contributed by atoms with E-state index in [1.54, 1.807) is 0 Å². The van der Waals surface area contributed by atoms with Crippen LogP contribution in [-0.4, -0.2) is 10.8 Å². The van der Waals surface area contributed by atoms with E-state index in [1.165, 1.54) is 0 Å². The summed E-state index contributed by atoms with van der Waals surface area (Å²) in [6.07, 6.45) is 0. The number of carbonyl (C=O) groups is 1. The fraction of sp³-hybridized carbons (Fsp3) is 0. The van der Waals surface area contributed by atoms with Crippen molar-refractivity contribution in [3.63, 3.8) is 0 Å². The largest absolute Gasteiger partial charge is 0.319 e. The molecule has 8 heteroatoms. The Kier molecular flexibility index (Phi) is 3.88. The van der Waals surface area contributed by atoms with Crippen LogP contribution in [0.15, 0.2) is 36.4 Å². The highest BCUT2D eigenvalue weighted by atomic mass is 19.1. The third-order valence-electron chi connectivity index (χ3n) is 2.58. The van der Waals surface area contributed by atoms with Crippen molar-refractivity contribution in [2.45, 2.75) is 0 Å². The second kappa shape index (κ2) is 5.61. The van der Waals surface area contributed by atoms with Gasteiger partial charge in [-0.1, -0.05) is 0 Å². The van der Waals surface area contributed by atoms with Crippen molar-refractivity contribution in [2.75, 3.05) is 5.32 Å². The van der Waals surface area contributed by atoms with Crippen LogP contribution >= 0.6 is 0 Å². The summed E-state index contributed by atoms with van der Waals surface area (Å²) in [5.41, 5.74) is -1.47. The van der Waals surface area contributed by atoms with Gasteiger partial charge in [0, 0.05) is 17.7 Å². The van der Waals surface area contributed by atoms with Crippen molar-refractivity contribution in [2.24, 2.45) is 0 Å². The molecule has 0 fully saturated rings. The van der Waals surface area contributed by atoms with Crippen LogP contribution in [0.25, 0.3) is 0 Å². The minimum atomic E-state index is -1.20. The Morgan fingerprint density at radius 1 is 1.05 bits per heavy atom. The maximum Gasteiger partial charge on any atom is 0.304 e. The first kappa shape index (κ1) is 14.5. The van der Waals surface area contributed by atoms with Crippen molar-refractivity contribution < 1.29 is 22.9 Å². The van der Waals surface area contributed by atoms with Crippen LogP contribution in [0.3, 0.4) is 0 Å². The third-order valence-corrected chi connectivity index (χ3v) is 2.58. The summed E-state index contributed by atoms with van der Waals surface area (Å²) in [6, 6.07) is 4.91. The number of nitro groups is 1. The Balaban J connectivity index is 2.26. The zero-order chi connectivity index (χ0) is 15.6. The lowest BCUT2D eigenvalue weighted by molar-refractivity contribution is -0.387. The summed E-state index contributed by atoms with van der Waals surface area (Å²) >= 11 is 0.